The van der Waals surface area contributed by atoms with E-state index in [0.717, 1.165) is 6.07 Å². The van der Waals surface area contributed by atoms with Crippen LogP contribution in [0.4, 0.5) is 18.0 Å². The number of benzene rings is 1. The summed E-state index contributed by atoms with van der Waals surface area (Å²) in [6, 6.07) is 4.21. The van der Waals surface area contributed by atoms with Gasteiger partial charge >= 0.3 is 18.2 Å². The van der Waals surface area contributed by atoms with Gasteiger partial charge in [-0.1, -0.05) is 18.2 Å². The van der Waals surface area contributed by atoms with Crippen LogP contribution in [0.1, 0.15) is 44.7 Å². The van der Waals surface area contributed by atoms with Crippen LogP contribution >= 0.6 is 0 Å². The quantitative estimate of drug-likeness (QED) is 0.803. The molecule has 0 heterocycles. The molecule has 8 heteroatoms. The van der Waals surface area contributed by atoms with Crippen molar-refractivity contribution in [3.8, 4) is 0 Å². The van der Waals surface area contributed by atoms with E-state index in [0.29, 0.717) is 0 Å². The van der Waals surface area contributed by atoms with E-state index >= 15 is 0 Å². The molecule has 2 N–H and O–H groups in total. The highest BCUT2D eigenvalue weighted by Crippen LogP contribution is 2.32. The van der Waals surface area contributed by atoms with Crippen LogP contribution in [0, 0.1) is 0 Å². The molecule has 1 atom stereocenters. The highest BCUT2D eigenvalue weighted by atomic mass is 19.4. The summed E-state index contributed by atoms with van der Waals surface area (Å²) in [5.41, 5.74) is -1.59. The Bertz CT molecular complexity index is 609. The first kappa shape index (κ1) is 20.8. The predicted molar refractivity (Wildman–Crippen MR) is 85.2 cm³/mol. The van der Waals surface area contributed by atoms with Crippen molar-refractivity contribution in [3.05, 3.63) is 35.4 Å². The number of amides is 1. The van der Waals surface area contributed by atoms with Gasteiger partial charge in [-0.25, -0.2) is 4.79 Å². The molecule has 0 bridgehead atoms. The molecule has 0 radical (unpaired) electrons. The largest absolute Gasteiger partial charge is 0.481 e. The van der Waals surface area contributed by atoms with Gasteiger partial charge in [0.15, 0.2) is 0 Å². The van der Waals surface area contributed by atoms with Crippen molar-refractivity contribution < 1.29 is 32.6 Å². The molecule has 25 heavy (non-hydrogen) atoms. The van der Waals surface area contributed by atoms with Gasteiger partial charge in [0.2, 0.25) is 0 Å². The van der Waals surface area contributed by atoms with Crippen molar-refractivity contribution in [2.45, 2.75) is 57.9 Å². The second-order valence-electron chi connectivity index (χ2n) is 6.63. The molecule has 1 rings (SSSR count). The fourth-order valence-electron chi connectivity index (χ4n) is 2.24. The van der Waals surface area contributed by atoms with Gasteiger partial charge in [-0.05, 0) is 45.2 Å². The van der Waals surface area contributed by atoms with Crippen LogP contribution in [-0.2, 0) is 22.1 Å². The molecule has 0 aliphatic carbocycles. The Morgan fingerprint density at radius 2 is 1.80 bits per heavy atom. The number of carbonyl (C=O) groups is 2. The summed E-state index contributed by atoms with van der Waals surface area (Å²) >= 11 is 0. The summed E-state index contributed by atoms with van der Waals surface area (Å²) in [6.07, 6.45) is -5.77. The summed E-state index contributed by atoms with van der Waals surface area (Å²) in [6.45, 7) is 4.95. The second-order valence-corrected chi connectivity index (χ2v) is 6.63. The monoisotopic (exact) mass is 361 g/mol. The number of carbonyl (C=O) groups excluding carboxylic acids is 1. The number of halogens is 3. The van der Waals surface area contributed by atoms with Gasteiger partial charge in [0.25, 0.3) is 0 Å². The van der Waals surface area contributed by atoms with Crippen molar-refractivity contribution in [2.75, 3.05) is 0 Å². The SMILES string of the molecule is CC(C)(C)OC(=O)NC(CCC(=O)O)Cc1ccccc1C(F)(F)F. The van der Waals surface area contributed by atoms with E-state index < -0.39 is 35.4 Å². The number of carboxylic acid groups (broad SMARTS) is 1. The molecule has 1 aromatic carbocycles. The number of carboxylic acids is 1. The van der Waals surface area contributed by atoms with E-state index in [2.05, 4.69) is 5.32 Å². The van der Waals surface area contributed by atoms with Gasteiger partial charge in [-0.15, -0.1) is 0 Å². The molecule has 1 amide bonds. The van der Waals surface area contributed by atoms with Crippen molar-refractivity contribution in [3.63, 3.8) is 0 Å². The maximum absolute atomic E-state index is 13.1. The molecule has 5 nitrogen and oxygen atoms in total. The van der Waals surface area contributed by atoms with Crippen molar-refractivity contribution >= 4 is 12.1 Å². The van der Waals surface area contributed by atoms with E-state index in [9.17, 15) is 22.8 Å². The molecule has 0 aliphatic heterocycles. The third-order valence-corrected chi connectivity index (χ3v) is 3.22. The highest BCUT2D eigenvalue weighted by molar-refractivity contribution is 5.69. The third kappa shape index (κ3) is 7.91. The standard InChI is InChI=1S/C17H22F3NO4/c1-16(2,3)25-15(24)21-12(8-9-14(22)23)10-11-6-4-5-7-13(11)17(18,19)20/h4-7,12H,8-10H2,1-3H3,(H,21,24)(H,22,23). The normalized spacial score (nSPS) is 13.2. The summed E-state index contributed by atoms with van der Waals surface area (Å²) in [4.78, 5) is 22.7. The predicted octanol–water partition coefficient (Wildman–Crippen LogP) is 4.01. The Labute approximate surface area is 144 Å². The number of alkyl halides is 3. The van der Waals surface area contributed by atoms with Gasteiger partial charge in [0, 0.05) is 12.5 Å². The average molecular weight is 361 g/mol. The molecule has 0 aliphatic rings. The Morgan fingerprint density at radius 1 is 1.20 bits per heavy atom. The number of alkyl carbamates (subject to hydrolysis) is 1. The van der Waals surface area contributed by atoms with Crippen LogP contribution in [0.3, 0.4) is 0 Å². The molecule has 0 aromatic heterocycles. The zero-order valence-electron chi connectivity index (χ0n) is 14.3. The first-order chi connectivity index (χ1) is 11.4. The smallest absolute Gasteiger partial charge is 0.416 e. The number of aliphatic carboxylic acids is 1. The van der Waals surface area contributed by atoms with E-state index in [1.807, 2.05) is 0 Å². The Morgan fingerprint density at radius 3 is 2.32 bits per heavy atom. The summed E-state index contributed by atoms with van der Waals surface area (Å²) in [5.74, 6) is -1.10. The van der Waals surface area contributed by atoms with Gasteiger partial charge in [-0.3, -0.25) is 4.79 Å². The summed E-state index contributed by atoms with van der Waals surface area (Å²) < 4.78 is 44.4. The Kier molecular flexibility index (Phi) is 6.84. The summed E-state index contributed by atoms with van der Waals surface area (Å²) in [5, 5.41) is 11.3. The van der Waals surface area contributed by atoms with Gasteiger partial charge < -0.3 is 15.2 Å². The van der Waals surface area contributed by atoms with Crippen molar-refractivity contribution in [2.24, 2.45) is 0 Å². The van der Waals surface area contributed by atoms with E-state index in [1.165, 1.54) is 18.2 Å². The maximum atomic E-state index is 13.1. The van der Waals surface area contributed by atoms with Crippen molar-refractivity contribution in [1.29, 1.82) is 0 Å². The molecule has 0 saturated carbocycles. The third-order valence-electron chi connectivity index (χ3n) is 3.22. The fourth-order valence-corrected chi connectivity index (χ4v) is 2.24. The van der Waals surface area contributed by atoms with Crippen LogP contribution < -0.4 is 5.32 Å². The minimum Gasteiger partial charge on any atom is -0.481 e. The first-order valence-corrected chi connectivity index (χ1v) is 7.75. The molecular formula is C17H22F3NO4. The topological polar surface area (TPSA) is 75.6 Å². The number of rotatable bonds is 6. The number of hydrogen-bond acceptors (Lipinski definition) is 3. The van der Waals surface area contributed by atoms with Crippen LogP contribution in [0.15, 0.2) is 24.3 Å². The zero-order valence-corrected chi connectivity index (χ0v) is 14.3. The lowest BCUT2D eigenvalue weighted by atomic mass is 9.97. The minimum absolute atomic E-state index is 0.0125. The number of hydrogen-bond donors (Lipinski definition) is 2. The first-order valence-electron chi connectivity index (χ1n) is 7.75. The van der Waals surface area contributed by atoms with Crippen LogP contribution in [0.5, 0.6) is 0 Å². The lowest BCUT2D eigenvalue weighted by Gasteiger charge is -2.24. The molecule has 1 aromatic rings. The lowest BCUT2D eigenvalue weighted by molar-refractivity contribution is -0.139. The molecule has 0 fully saturated rings. The molecule has 0 spiro atoms. The summed E-state index contributed by atoms with van der Waals surface area (Å²) in [7, 11) is 0. The van der Waals surface area contributed by atoms with Crippen LogP contribution in [0.2, 0.25) is 0 Å². The van der Waals surface area contributed by atoms with Gasteiger partial charge in [-0.2, -0.15) is 13.2 Å². The maximum Gasteiger partial charge on any atom is 0.416 e. The van der Waals surface area contributed by atoms with Gasteiger partial charge in [0.05, 0.1) is 5.56 Å². The van der Waals surface area contributed by atoms with Gasteiger partial charge in [0.1, 0.15) is 5.60 Å². The van der Waals surface area contributed by atoms with Crippen molar-refractivity contribution in [1.82, 2.24) is 5.32 Å². The molecule has 0 saturated heterocycles. The number of nitrogens with one attached hydrogen (secondary N) is 1. The minimum atomic E-state index is -4.53. The van der Waals surface area contributed by atoms with E-state index in [-0.39, 0.29) is 24.8 Å². The Hall–Kier alpha value is -2.25. The molecule has 1 unspecified atom stereocenters. The fraction of sp³-hybridized carbons (Fsp3) is 0.529. The lowest BCUT2D eigenvalue weighted by Crippen LogP contribution is -2.40. The Balaban J connectivity index is 2.94. The highest BCUT2D eigenvalue weighted by Gasteiger charge is 2.33. The molecular weight excluding hydrogens is 339 g/mol. The average Bonchev–Trinajstić information content (AvgIpc) is 2.42. The second kappa shape index (κ2) is 8.22. The van der Waals surface area contributed by atoms with E-state index in [4.69, 9.17) is 9.84 Å². The molecule has 140 valence electrons. The van der Waals surface area contributed by atoms with Crippen LogP contribution in [0.25, 0.3) is 0 Å². The number of ether oxygens (including phenoxy) is 1. The van der Waals surface area contributed by atoms with E-state index in [1.54, 1.807) is 20.8 Å². The zero-order chi connectivity index (χ0) is 19.3. The van der Waals surface area contributed by atoms with Crippen LogP contribution in [-0.4, -0.2) is 28.8 Å².